The molecule has 0 spiro atoms. The minimum atomic E-state index is -0.963. The maximum Gasteiger partial charge on any atom is 0.357 e. The Morgan fingerprint density at radius 1 is 1.59 bits per heavy atom. The largest absolute Gasteiger partial charge is 0.476 e. The van der Waals surface area contributed by atoms with E-state index in [0.717, 1.165) is 13.0 Å². The summed E-state index contributed by atoms with van der Waals surface area (Å²) in [5.74, 6) is -0.353. The second-order valence-corrected chi connectivity index (χ2v) is 4.99. The number of hydrogen-bond donors (Lipinski definition) is 2. The smallest absolute Gasteiger partial charge is 0.357 e. The summed E-state index contributed by atoms with van der Waals surface area (Å²) < 4.78 is 0. The second kappa shape index (κ2) is 7.27. The lowest BCUT2D eigenvalue weighted by Gasteiger charge is -2.15. The number of aromatic carboxylic acids is 1. The second-order valence-electron chi connectivity index (χ2n) is 4.13. The van der Waals surface area contributed by atoms with Gasteiger partial charge in [0, 0.05) is 6.54 Å². The van der Waals surface area contributed by atoms with Crippen LogP contribution in [0.3, 0.4) is 0 Å². The highest BCUT2D eigenvalue weighted by atomic mass is 32.1. The first-order valence-electron chi connectivity index (χ1n) is 6.09. The van der Waals surface area contributed by atoms with Crippen molar-refractivity contribution < 1.29 is 9.90 Å². The lowest BCUT2D eigenvalue weighted by Crippen LogP contribution is -2.14. The Labute approximate surface area is 106 Å². The molecule has 0 aliphatic carbocycles. The molecule has 1 unspecified atom stereocenters. The molecule has 4 nitrogen and oxygen atoms in total. The van der Waals surface area contributed by atoms with E-state index in [2.05, 4.69) is 24.1 Å². The summed E-state index contributed by atoms with van der Waals surface area (Å²) in [6.45, 7) is 5.19. The molecule has 0 saturated carbocycles. The van der Waals surface area contributed by atoms with Crippen LogP contribution in [0.4, 0.5) is 5.00 Å². The quantitative estimate of drug-likeness (QED) is 0.747. The van der Waals surface area contributed by atoms with Crippen LogP contribution in [0.2, 0.25) is 0 Å². The molecule has 0 aliphatic rings. The minimum Gasteiger partial charge on any atom is -0.476 e. The summed E-state index contributed by atoms with van der Waals surface area (Å²) in [6.07, 6.45) is 4.75. The fourth-order valence-electron chi connectivity index (χ4n) is 1.70. The van der Waals surface area contributed by atoms with Gasteiger partial charge in [0.05, 0.1) is 5.51 Å². The number of unbranched alkanes of at least 4 members (excludes halogenated alkanes) is 1. The molecule has 1 aromatic rings. The summed E-state index contributed by atoms with van der Waals surface area (Å²) in [6, 6.07) is 0. The van der Waals surface area contributed by atoms with Crippen LogP contribution in [-0.2, 0) is 0 Å². The summed E-state index contributed by atoms with van der Waals surface area (Å²) in [7, 11) is 0. The average molecular weight is 256 g/mol. The molecule has 0 aromatic carbocycles. The topological polar surface area (TPSA) is 62.2 Å². The lowest BCUT2D eigenvalue weighted by molar-refractivity contribution is 0.0692. The molecular weight excluding hydrogens is 236 g/mol. The molecule has 17 heavy (non-hydrogen) atoms. The van der Waals surface area contributed by atoms with Gasteiger partial charge in [-0.15, -0.1) is 11.3 Å². The maximum absolute atomic E-state index is 10.9. The predicted octanol–water partition coefficient (Wildman–Crippen LogP) is 3.47. The van der Waals surface area contributed by atoms with Crippen LogP contribution in [0.25, 0.3) is 0 Å². The van der Waals surface area contributed by atoms with E-state index in [1.807, 2.05) is 0 Å². The molecule has 5 heteroatoms. The Balaban J connectivity index is 2.47. The highest BCUT2D eigenvalue weighted by molar-refractivity contribution is 7.14. The van der Waals surface area contributed by atoms with Crippen molar-refractivity contribution in [1.82, 2.24) is 4.98 Å². The van der Waals surface area contributed by atoms with Crippen LogP contribution in [0.15, 0.2) is 5.51 Å². The van der Waals surface area contributed by atoms with Gasteiger partial charge in [-0.25, -0.2) is 9.78 Å². The van der Waals surface area contributed by atoms with Gasteiger partial charge in [0.15, 0.2) is 5.69 Å². The van der Waals surface area contributed by atoms with Crippen molar-refractivity contribution in [2.45, 2.75) is 39.5 Å². The molecule has 2 N–H and O–H groups in total. The molecule has 0 amide bonds. The maximum atomic E-state index is 10.9. The molecule has 1 rings (SSSR count). The summed E-state index contributed by atoms with van der Waals surface area (Å²) in [5.41, 5.74) is 1.71. The SMILES string of the molecule is CCCCC(CC)CNc1scnc1C(=O)O. The summed E-state index contributed by atoms with van der Waals surface area (Å²) in [5, 5.41) is 12.8. The molecule has 1 heterocycles. The zero-order valence-electron chi connectivity index (χ0n) is 10.4. The van der Waals surface area contributed by atoms with Crippen LogP contribution in [-0.4, -0.2) is 22.6 Å². The number of carbonyl (C=O) groups is 1. The number of anilines is 1. The first-order valence-corrected chi connectivity index (χ1v) is 6.97. The molecule has 1 aromatic heterocycles. The number of nitrogens with zero attached hydrogens (tertiary/aromatic N) is 1. The normalized spacial score (nSPS) is 12.4. The Bertz CT molecular complexity index is 352. The van der Waals surface area contributed by atoms with Crippen LogP contribution >= 0.6 is 11.3 Å². The van der Waals surface area contributed by atoms with E-state index in [9.17, 15) is 4.79 Å². The van der Waals surface area contributed by atoms with Crippen LogP contribution in [0.5, 0.6) is 0 Å². The zero-order valence-corrected chi connectivity index (χ0v) is 11.2. The Hall–Kier alpha value is -1.10. The highest BCUT2D eigenvalue weighted by Crippen LogP contribution is 2.21. The van der Waals surface area contributed by atoms with Gasteiger partial charge in [-0.1, -0.05) is 33.1 Å². The van der Waals surface area contributed by atoms with E-state index in [4.69, 9.17) is 5.11 Å². The molecular formula is C12H20N2O2S. The van der Waals surface area contributed by atoms with Crippen molar-refractivity contribution in [2.75, 3.05) is 11.9 Å². The lowest BCUT2D eigenvalue weighted by atomic mass is 9.99. The number of carboxylic acid groups (broad SMARTS) is 1. The zero-order chi connectivity index (χ0) is 12.7. The molecule has 96 valence electrons. The number of aromatic nitrogens is 1. The van der Waals surface area contributed by atoms with Crippen molar-refractivity contribution in [3.63, 3.8) is 0 Å². The number of nitrogens with one attached hydrogen (secondary N) is 1. The van der Waals surface area contributed by atoms with Crippen molar-refractivity contribution in [2.24, 2.45) is 5.92 Å². The Morgan fingerprint density at radius 2 is 2.35 bits per heavy atom. The van der Waals surface area contributed by atoms with E-state index in [-0.39, 0.29) is 5.69 Å². The van der Waals surface area contributed by atoms with E-state index < -0.39 is 5.97 Å². The first kappa shape index (κ1) is 14.0. The third-order valence-electron chi connectivity index (χ3n) is 2.86. The number of thiazole rings is 1. The Kier molecular flexibility index (Phi) is 5.97. The van der Waals surface area contributed by atoms with Gasteiger partial charge < -0.3 is 10.4 Å². The molecule has 0 aliphatic heterocycles. The number of rotatable bonds is 8. The van der Waals surface area contributed by atoms with Gasteiger partial charge in [0.25, 0.3) is 0 Å². The van der Waals surface area contributed by atoms with Crippen LogP contribution < -0.4 is 5.32 Å². The van der Waals surface area contributed by atoms with Gasteiger partial charge >= 0.3 is 5.97 Å². The summed E-state index contributed by atoms with van der Waals surface area (Å²) in [4.78, 5) is 14.7. The molecule has 0 fully saturated rings. The van der Waals surface area contributed by atoms with Crippen molar-refractivity contribution in [3.8, 4) is 0 Å². The first-order chi connectivity index (χ1) is 8.19. The van der Waals surface area contributed by atoms with Gasteiger partial charge in [-0.3, -0.25) is 0 Å². The van der Waals surface area contributed by atoms with E-state index in [1.165, 1.54) is 30.6 Å². The van der Waals surface area contributed by atoms with Gasteiger partial charge in [-0.2, -0.15) is 0 Å². The third kappa shape index (κ3) is 4.34. The summed E-state index contributed by atoms with van der Waals surface area (Å²) >= 11 is 1.35. The number of carboxylic acids is 1. The van der Waals surface area contributed by atoms with Gasteiger partial charge in [0.1, 0.15) is 5.00 Å². The third-order valence-corrected chi connectivity index (χ3v) is 3.65. The molecule has 0 radical (unpaired) electrons. The minimum absolute atomic E-state index is 0.139. The van der Waals surface area contributed by atoms with Crippen LogP contribution in [0, 0.1) is 5.92 Å². The van der Waals surface area contributed by atoms with E-state index >= 15 is 0 Å². The predicted molar refractivity (Wildman–Crippen MR) is 70.9 cm³/mol. The van der Waals surface area contributed by atoms with E-state index in [1.54, 1.807) is 5.51 Å². The highest BCUT2D eigenvalue weighted by Gasteiger charge is 2.14. The fourth-order valence-corrected chi connectivity index (χ4v) is 2.39. The van der Waals surface area contributed by atoms with Crippen LogP contribution in [0.1, 0.15) is 50.0 Å². The van der Waals surface area contributed by atoms with E-state index in [0.29, 0.717) is 10.9 Å². The van der Waals surface area contributed by atoms with Gasteiger partial charge in [-0.05, 0) is 12.3 Å². The molecule has 1 atom stereocenters. The molecule has 0 saturated heterocycles. The fraction of sp³-hybridized carbons (Fsp3) is 0.667. The molecule has 0 bridgehead atoms. The average Bonchev–Trinajstić information content (AvgIpc) is 2.78. The monoisotopic (exact) mass is 256 g/mol. The Morgan fingerprint density at radius 3 is 2.94 bits per heavy atom. The van der Waals surface area contributed by atoms with Gasteiger partial charge in [0.2, 0.25) is 0 Å². The van der Waals surface area contributed by atoms with Crippen molar-refractivity contribution in [3.05, 3.63) is 11.2 Å². The number of hydrogen-bond acceptors (Lipinski definition) is 4. The standard InChI is InChI=1S/C12H20N2O2S/c1-3-5-6-9(4-2)7-13-11-10(12(15)16)14-8-17-11/h8-9,13H,3-7H2,1-2H3,(H,15,16). The van der Waals surface area contributed by atoms with Crippen molar-refractivity contribution in [1.29, 1.82) is 0 Å². The van der Waals surface area contributed by atoms with Crippen molar-refractivity contribution >= 4 is 22.3 Å².